The molecule has 0 amide bonds. The first kappa shape index (κ1) is 18.7. The van der Waals surface area contributed by atoms with Crippen LogP contribution in [0.25, 0.3) is 21.8 Å². The number of fused-ring (bicyclic) bond motifs is 3. The van der Waals surface area contributed by atoms with Crippen LogP contribution in [0.5, 0.6) is 5.75 Å². The van der Waals surface area contributed by atoms with Crippen molar-refractivity contribution < 1.29 is 4.74 Å². The highest BCUT2D eigenvalue weighted by atomic mass is 79.9. The van der Waals surface area contributed by atoms with Crippen molar-refractivity contribution in [2.45, 2.75) is 19.9 Å². The van der Waals surface area contributed by atoms with Gasteiger partial charge >= 0.3 is 0 Å². The third-order valence-electron chi connectivity index (χ3n) is 5.15. The van der Waals surface area contributed by atoms with Crippen LogP contribution in [-0.2, 0) is 20.0 Å². The van der Waals surface area contributed by atoms with E-state index in [9.17, 15) is 4.79 Å². The van der Waals surface area contributed by atoms with Gasteiger partial charge in [0.15, 0.2) is 0 Å². The van der Waals surface area contributed by atoms with E-state index in [-0.39, 0.29) is 5.56 Å². The van der Waals surface area contributed by atoms with Crippen LogP contribution in [-0.4, -0.2) is 26.8 Å². The fourth-order valence-corrected chi connectivity index (χ4v) is 4.28. The van der Waals surface area contributed by atoms with Crippen LogP contribution < -0.4 is 10.3 Å². The van der Waals surface area contributed by atoms with E-state index in [0.717, 1.165) is 50.4 Å². The van der Waals surface area contributed by atoms with Gasteiger partial charge < -0.3 is 4.74 Å². The van der Waals surface area contributed by atoms with E-state index in [0.29, 0.717) is 6.54 Å². The maximum atomic E-state index is 13.1. The number of hydrogen-bond acceptors (Lipinski definition) is 3. The summed E-state index contributed by atoms with van der Waals surface area (Å²) in [4.78, 5) is 13.1. The number of aryl methyl sites for hydroxylation is 3. The Morgan fingerprint density at radius 3 is 2.57 bits per heavy atom. The summed E-state index contributed by atoms with van der Waals surface area (Å²) in [6, 6.07) is 12.1. The van der Waals surface area contributed by atoms with Gasteiger partial charge in [0.2, 0.25) is 0 Å². The van der Waals surface area contributed by atoms with Crippen molar-refractivity contribution in [3.8, 4) is 5.75 Å². The average molecular weight is 440 g/mol. The van der Waals surface area contributed by atoms with E-state index in [1.54, 1.807) is 11.7 Å². The zero-order valence-corrected chi connectivity index (χ0v) is 17.8. The average Bonchev–Trinajstić information content (AvgIpc) is 3.10. The van der Waals surface area contributed by atoms with Crippen LogP contribution in [0, 0.1) is 6.92 Å². The summed E-state index contributed by atoms with van der Waals surface area (Å²) in [6.07, 6.45) is 2.75. The molecule has 0 radical (unpaired) electrons. The normalized spacial score (nSPS) is 11.4. The fourth-order valence-electron chi connectivity index (χ4n) is 3.85. The summed E-state index contributed by atoms with van der Waals surface area (Å²) in [5.74, 6) is 0.822. The predicted octanol–water partition coefficient (Wildman–Crippen LogP) is 4.19. The molecule has 6 heteroatoms. The summed E-state index contributed by atoms with van der Waals surface area (Å²) in [5, 5.41) is 8.26. The first-order valence-electron chi connectivity index (χ1n) is 9.20. The minimum Gasteiger partial charge on any atom is -0.497 e. The second-order valence-corrected chi connectivity index (χ2v) is 7.83. The van der Waals surface area contributed by atoms with Gasteiger partial charge in [-0.2, -0.15) is 5.10 Å². The van der Waals surface area contributed by atoms with Gasteiger partial charge in [0, 0.05) is 28.5 Å². The number of methoxy groups -OCH3 is 1. The number of pyridine rings is 1. The number of nitrogens with zero attached hydrogens (tertiary/aromatic N) is 3. The number of ether oxygens (including phenoxy) is 1. The molecule has 144 valence electrons. The van der Waals surface area contributed by atoms with Crippen molar-refractivity contribution in [2.75, 3.05) is 12.4 Å². The van der Waals surface area contributed by atoms with E-state index < -0.39 is 0 Å². The molecule has 0 unspecified atom stereocenters. The second kappa shape index (κ2) is 7.43. The van der Waals surface area contributed by atoms with Crippen molar-refractivity contribution in [1.29, 1.82) is 0 Å². The molecular formula is C22H22BrN3O2. The molecule has 2 aromatic carbocycles. The van der Waals surface area contributed by atoms with Gasteiger partial charge in [-0.05, 0) is 42.7 Å². The molecule has 5 nitrogen and oxygen atoms in total. The van der Waals surface area contributed by atoms with Crippen LogP contribution in [0.4, 0.5) is 0 Å². The van der Waals surface area contributed by atoms with Crippen molar-refractivity contribution >= 4 is 37.7 Å². The standard InChI is InChI=1S/C22H22BrN3O2/c1-14-10-16(8-9-23)20-18(11-14)22(27)25(2)21-19(20)12-24-26(21)13-15-4-6-17(28-3)7-5-15/h4-7,10-12H,8-9,13H2,1-3H3. The Balaban J connectivity index is 1.94. The maximum Gasteiger partial charge on any atom is 0.259 e. The van der Waals surface area contributed by atoms with E-state index in [1.807, 2.05) is 55.2 Å². The Bertz CT molecular complexity index is 1220. The van der Waals surface area contributed by atoms with Crippen LogP contribution in [0.15, 0.2) is 47.4 Å². The van der Waals surface area contributed by atoms with Crippen LogP contribution in [0.2, 0.25) is 0 Å². The van der Waals surface area contributed by atoms with Crippen molar-refractivity contribution in [3.63, 3.8) is 0 Å². The molecule has 28 heavy (non-hydrogen) atoms. The summed E-state index contributed by atoms with van der Waals surface area (Å²) in [6.45, 7) is 2.62. The Labute approximate surface area is 171 Å². The summed E-state index contributed by atoms with van der Waals surface area (Å²) >= 11 is 3.54. The Morgan fingerprint density at radius 1 is 1.14 bits per heavy atom. The lowest BCUT2D eigenvalue weighted by molar-refractivity contribution is 0.414. The molecule has 0 spiro atoms. The molecule has 0 N–H and O–H groups in total. The van der Waals surface area contributed by atoms with Crippen molar-refractivity contribution in [1.82, 2.24) is 14.3 Å². The first-order chi connectivity index (χ1) is 13.5. The maximum absolute atomic E-state index is 13.1. The highest BCUT2D eigenvalue weighted by Gasteiger charge is 2.17. The van der Waals surface area contributed by atoms with Crippen molar-refractivity contribution in [2.24, 2.45) is 7.05 Å². The SMILES string of the molecule is COc1ccc(Cn2ncc3c4c(CCBr)cc(C)cc4c(=O)n(C)c32)cc1. The lowest BCUT2D eigenvalue weighted by Crippen LogP contribution is -2.20. The van der Waals surface area contributed by atoms with Gasteiger partial charge in [-0.15, -0.1) is 0 Å². The molecule has 2 aromatic heterocycles. The quantitative estimate of drug-likeness (QED) is 0.438. The van der Waals surface area contributed by atoms with E-state index in [2.05, 4.69) is 27.1 Å². The monoisotopic (exact) mass is 439 g/mol. The molecule has 4 rings (SSSR count). The molecule has 0 saturated heterocycles. The molecule has 0 aliphatic heterocycles. The molecule has 0 aliphatic rings. The number of halogens is 1. The molecule has 2 heterocycles. The summed E-state index contributed by atoms with van der Waals surface area (Å²) < 4.78 is 8.84. The highest BCUT2D eigenvalue weighted by molar-refractivity contribution is 9.09. The van der Waals surface area contributed by atoms with E-state index >= 15 is 0 Å². The van der Waals surface area contributed by atoms with Crippen molar-refractivity contribution in [3.05, 3.63) is 69.6 Å². The smallest absolute Gasteiger partial charge is 0.259 e. The van der Waals surface area contributed by atoms with Crippen LogP contribution in [0.1, 0.15) is 16.7 Å². The van der Waals surface area contributed by atoms with E-state index in [4.69, 9.17) is 4.74 Å². The highest BCUT2D eigenvalue weighted by Crippen LogP contribution is 2.28. The largest absolute Gasteiger partial charge is 0.497 e. The number of alkyl halides is 1. The Kier molecular flexibility index (Phi) is 4.98. The molecular weight excluding hydrogens is 418 g/mol. The number of benzene rings is 2. The van der Waals surface area contributed by atoms with Gasteiger partial charge in [-0.1, -0.05) is 39.7 Å². The first-order valence-corrected chi connectivity index (χ1v) is 10.3. The van der Waals surface area contributed by atoms with Gasteiger partial charge in [-0.3, -0.25) is 9.36 Å². The lowest BCUT2D eigenvalue weighted by atomic mass is 9.99. The lowest BCUT2D eigenvalue weighted by Gasteiger charge is -2.13. The third kappa shape index (κ3) is 3.11. The fraction of sp³-hybridized carbons (Fsp3) is 0.273. The summed E-state index contributed by atoms with van der Waals surface area (Å²) in [7, 11) is 3.48. The third-order valence-corrected chi connectivity index (χ3v) is 5.55. The van der Waals surface area contributed by atoms with Gasteiger partial charge in [-0.25, -0.2) is 4.68 Å². The molecule has 0 bridgehead atoms. The minimum atomic E-state index is 0.0125. The Hall–Kier alpha value is -2.60. The predicted molar refractivity (Wildman–Crippen MR) is 117 cm³/mol. The number of rotatable bonds is 5. The van der Waals surface area contributed by atoms with Gasteiger partial charge in [0.25, 0.3) is 5.56 Å². The molecule has 4 aromatic rings. The zero-order chi connectivity index (χ0) is 19.8. The zero-order valence-electron chi connectivity index (χ0n) is 16.2. The number of aromatic nitrogens is 3. The second-order valence-electron chi connectivity index (χ2n) is 7.04. The molecule has 0 atom stereocenters. The van der Waals surface area contributed by atoms with E-state index in [1.165, 1.54) is 5.56 Å². The topological polar surface area (TPSA) is 49.1 Å². The van der Waals surface area contributed by atoms with Crippen LogP contribution >= 0.6 is 15.9 Å². The Morgan fingerprint density at radius 2 is 1.89 bits per heavy atom. The number of hydrogen-bond donors (Lipinski definition) is 0. The minimum absolute atomic E-state index is 0.0125. The molecule has 0 aliphatic carbocycles. The van der Waals surface area contributed by atoms with Gasteiger partial charge in [0.1, 0.15) is 11.4 Å². The molecule has 0 saturated carbocycles. The summed E-state index contributed by atoms with van der Waals surface area (Å²) in [5.41, 5.74) is 4.23. The molecule has 0 fully saturated rings. The van der Waals surface area contributed by atoms with Crippen LogP contribution in [0.3, 0.4) is 0 Å². The van der Waals surface area contributed by atoms with Gasteiger partial charge in [0.05, 0.1) is 19.9 Å².